The van der Waals surface area contributed by atoms with Crippen molar-refractivity contribution in [1.29, 1.82) is 0 Å². The second-order valence-corrected chi connectivity index (χ2v) is 8.94. The van der Waals surface area contributed by atoms with Gasteiger partial charge in [-0.05, 0) is 32.6 Å². The van der Waals surface area contributed by atoms with Crippen LogP contribution < -0.4 is 10.6 Å². The lowest BCUT2D eigenvalue weighted by Crippen LogP contribution is -2.56. The number of nitrogens with zero attached hydrogens (tertiary/aromatic N) is 1. The molecule has 3 heterocycles. The van der Waals surface area contributed by atoms with E-state index in [0.717, 1.165) is 12.8 Å². The molecule has 0 radical (unpaired) electrons. The fraction of sp³-hybridized carbons (Fsp3) is 0.773. The molecule has 3 amide bonds. The number of unbranched alkanes of at least 4 members (excludes halogenated alkanes) is 2. The highest BCUT2D eigenvalue weighted by Gasteiger charge is 2.39. The van der Waals surface area contributed by atoms with Crippen LogP contribution in [-0.4, -0.2) is 71.6 Å². The van der Waals surface area contributed by atoms with E-state index in [1.165, 1.54) is 0 Å². The van der Waals surface area contributed by atoms with Gasteiger partial charge < -0.3 is 20.3 Å². The van der Waals surface area contributed by atoms with Crippen molar-refractivity contribution in [3.8, 4) is 0 Å². The van der Waals surface area contributed by atoms with E-state index in [-0.39, 0.29) is 35.9 Å². The molecule has 2 N–H and O–H groups in total. The molecular formula is C22H33N3O6. The summed E-state index contributed by atoms with van der Waals surface area (Å²) in [6.07, 6.45) is 4.15. The van der Waals surface area contributed by atoms with Gasteiger partial charge in [-0.3, -0.25) is 24.0 Å². The van der Waals surface area contributed by atoms with Crippen LogP contribution in [0.2, 0.25) is 0 Å². The van der Waals surface area contributed by atoms with Crippen molar-refractivity contribution < 1.29 is 28.7 Å². The van der Waals surface area contributed by atoms with Crippen molar-refractivity contribution in [2.75, 3.05) is 13.2 Å². The molecule has 172 valence electrons. The Labute approximate surface area is 182 Å². The van der Waals surface area contributed by atoms with Crippen molar-refractivity contribution in [2.45, 2.75) is 89.4 Å². The Balaban J connectivity index is 1.65. The number of ketones is 2. The van der Waals surface area contributed by atoms with Crippen LogP contribution in [0.5, 0.6) is 0 Å². The summed E-state index contributed by atoms with van der Waals surface area (Å²) < 4.78 is 4.98. The maximum Gasteiger partial charge on any atom is 0.245 e. The van der Waals surface area contributed by atoms with Gasteiger partial charge in [-0.15, -0.1) is 0 Å². The quantitative estimate of drug-likeness (QED) is 0.443. The molecule has 5 unspecified atom stereocenters. The average molecular weight is 436 g/mol. The molecule has 0 saturated carbocycles. The number of rotatable bonds is 7. The Kier molecular flexibility index (Phi) is 7.80. The predicted octanol–water partition coefficient (Wildman–Crippen LogP) is 0.494. The van der Waals surface area contributed by atoms with Gasteiger partial charge in [0.15, 0.2) is 11.6 Å². The van der Waals surface area contributed by atoms with Crippen LogP contribution in [0.3, 0.4) is 0 Å². The third-order valence-electron chi connectivity index (χ3n) is 6.34. The SMILES string of the molecule is CC1CC(=O)C2CCCN2C(=O)C(CCCCCC(=O)C2CO2)NC(=O)C(C)NC1=O. The fourth-order valence-electron chi connectivity index (χ4n) is 4.29. The van der Waals surface area contributed by atoms with Gasteiger partial charge >= 0.3 is 0 Å². The topological polar surface area (TPSA) is 125 Å². The van der Waals surface area contributed by atoms with Crippen molar-refractivity contribution in [1.82, 2.24) is 15.5 Å². The first-order valence-electron chi connectivity index (χ1n) is 11.4. The van der Waals surface area contributed by atoms with Gasteiger partial charge in [-0.2, -0.15) is 0 Å². The Morgan fingerprint density at radius 2 is 1.81 bits per heavy atom. The van der Waals surface area contributed by atoms with Gasteiger partial charge in [0, 0.05) is 25.3 Å². The molecule has 3 aliphatic heterocycles. The normalized spacial score (nSPS) is 31.9. The summed E-state index contributed by atoms with van der Waals surface area (Å²) in [4.78, 5) is 64.3. The highest BCUT2D eigenvalue weighted by atomic mass is 16.6. The number of nitrogens with one attached hydrogen (secondary N) is 2. The number of hydrogen-bond acceptors (Lipinski definition) is 6. The summed E-state index contributed by atoms with van der Waals surface area (Å²) in [5.41, 5.74) is 0. The smallest absolute Gasteiger partial charge is 0.245 e. The van der Waals surface area contributed by atoms with E-state index in [0.29, 0.717) is 45.3 Å². The third-order valence-corrected chi connectivity index (χ3v) is 6.34. The van der Waals surface area contributed by atoms with Crippen LogP contribution in [0.25, 0.3) is 0 Å². The molecule has 3 aliphatic rings. The lowest BCUT2D eigenvalue weighted by Gasteiger charge is -2.31. The number of ether oxygens (including phenoxy) is 1. The monoisotopic (exact) mass is 435 g/mol. The molecule has 31 heavy (non-hydrogen) atoms. The molecular weight excluding hydrogens is 402 g/mol. The first-order chi connectivity index (χ1) is 14.8. The number of carbonyl (C=O) groups is 5. The Hall–Kier alpha value is -2.29. The van der Waals surface area contributed by atoms with E-state index in [2.05, 4.69) is 10.6 Å². The zero-order valence-corrected chi connectivity index (χ0v) is 18.4. The Bertz CT molecular complexity index is 735. The molecule has 0 bridgehead atoms. The molecule has 0 aromatic carbocycles. The fourth-order valence-corrected chi connectivity index (χ4v) is 4.29. The Morgan fingerprint density at radius 3 is 2.52 bits per heavy atom. The van der Waals surface area contributed by atoms with E-state index in [9.17, 15) is 24.0 Å². The number of Topliss-reactive ketones (excluding diaryl/α,β-unsaturated/α-hetero) is 2. The summed E-state index contributed by atoms with van der Waals surface area (Å²) in [6, 6.07) is -2.08. The summed E-state index contributed by atoms with van der Waals surface area (Å²) in [6.45, 7) is 4.23. The van der Waals surface area contributed by atoms with E-state index in [4.69, 9.17) is 4.74 Å². The maximum atomic E-state index is 13.3. The largest absolute Gasteiger partial charge is 0.365 e. The molecule has 9 heteroatoms. The van der Waals surface area contributed by atoms with Gasteiger partial charge in [0.25, 0.3) is 0 Å². The summed E-state index contributed by atoms with van der Waals surface area (Å²) >= 11 is 0. The number of amides is 3. The van der Waals surface area contributed by atoms with Crippen molar-refractivity contribution in [2.24, 2.45) is 5.92 Å². The molecule has 0 aromatic heterocycles. The van der Waals surface area contributed by atoms with E-state index in [1.807, 2.05) is 0 Å². The minimum Gasteiger partial charge on any atom is -0.365 e. The third kappa shape index (κ3) is 6.12. The maximum absolute atomic E-state index is 13.3. The van der Waals surface area contributed by atoms with Gasteiger partial charge in [0.2, 0.25) is 17.7 Å². The summed E-state index contributed by atoms with van der Waals surface area (Å²) in [5.74, 6) is -1.53. The van der Waals surface area contributed by atoms with Crippen molar-refractivity contribution >= 4 is 29.3 Å². The predicted molar refractivity (Wildman–Crippen MR) is 111 cm³/mol. The lowest BCUT2D eigenvalue weighted by molar-refractivity contribution is -0.143. The average Bonchev–Trinajstić information content (AvgIpc) is 3.47. The minimum absolute atomic E-state index is 0.0536. The van der Waals surface area contributed by atoms with Gasteiger partial charge in [-0.25, -0.2) is 0 Å². The van der Waals surface area contributed by atoms with Crippen LogP contribution in [0.15, 0.2) is 0 Å². The second-order valence-electron chi connectivity index (χ2n) is 8.94. The molecule has 0 aliphatic carbocycles. The van der Waals surface area contributed by atoms with E-state index in [1.54, 1.807) is 18.7 Å². The van der Waals surface area contributed by atoms with Crippen LogP contribution in [-0.2, 0) is 28.7 Å². The van der Waals surface area contributed by atoms with Crippen LogP contribution in [0, 0.1) is 5.92 Å². The van der Waals surface area contributed by atoms with Gasteiger partial charge in [0.1, 0.15) is 18.2 Å². The van der Waals surface area contributed by atoms with Gasteiger partial charge in [-0.1, -0.05) is 19.8 Å². The number of epoxide rings is 1. The second kappa shape index (κ2) is 10.3. The molecule has 0 aromatic rings. The van der Waals surface area contributed by atoms with Crippen molar-refractivity contribution in [3.05, 3.63) is 0 Å². The highest BCUT2D eigenvalue weighted by molar-refractivity contribution is 5.97. The lowest BCUT2D eigenvalue weighted by atomic mass is 9.96. The van der Waals surface area contributed by atoms with Gasteiger partial charge in [0.05, 0.1) is 12.6 Å². The van der Waals surface area contributed by atoms with E-state index < -0.39 is 30.0 Å². The molecule has 0 spiro atoms. The number of fused-ring (bicyclic) bond motifs is 1. The van der Waals surface area contributed by atoms with Crippen LogP contribution in [0.4, 0.5) is 0 Å². The molecule has 3 rings (SSSR count). The van der Waals surface area contributed by atoms with Crippen LogP contribution in [0.1, 0.15) is 65.2 Å². The number of hydrogen-bond donors (Lipinski definition) is 2. The highest BCUT2D eigenvalue weighted by Crippen LogP contribution is 2.24. The molecule has 3 fully saturated rings. The zero-order chi connectivity index (χ0) is 22.5. The first kappa shape index (κ1) is 23.4. The first-order valence-corrected chi connectivity index (χ1v) is 11.4. The van der Waals surface area contributed by atoms with Crippen LogP contribution >= 0.6 is 0 Å². The summed E-state index contributed by atoms with van der Waals surface area (Å²) in [5, 5.41) is 5.42. The molecule has 3 saturated heterocycles. The molecule has 9 nitrogen and oxygen atoms in total. The zero-order valence-electron chi connectivity index (χ0n) is 18.4. The minimum atomic E-state index is -0.801. The molecule has 5 atom stereocenters. The number of carbonyl (C=O) groups excluding carboxylic acids is 5. The Morgan fingerprint density at radius 1 is 1.06 bits per heavy atom. The van der Waals surface area contributed by atoms with Crippen molar-refractivity contribution in [3.63, 3.8) is 0 Å². The summed E-state index contributed by atoms with van der Waals surface area (Å²) in [7, 11) is 0. The van der Waals surface area contributed by atoms with E-state index >= 15 is 0 Å². The standard InChI is InChI=1S/C22H33N3O6/c1-13-11-18(27)16-8-6-10-25(16)22(30)15(24-21(29)14(2)23-20(13)28)7-4-3-5-9-17(26)19-12-31-19/h13-16,19H,3-12H2,1-2H3,(H,23,28)(H,24,29).